The Labute approximate surface area is 117 Å². The molecule has 0 bridgehead atoms. The lowest BCUT2D eigenvalue weighted by molar-refractivity contribution is 0.102. The van der Waals surface area contributed by atoms with E-state index in [2.05, 4.69) is 19.2 Å². The molecular weight excluding hydrogens is 257 g/mol. The minimum atomic E-state index is -0.566. The summed E-state index contributed by atoms with van der Waals surface area (Å²) in [4.78, 5) is 12.0. The maximum atomic E-state index is 13.1. The number of rotatable bonds is 3. The lowest BCUT2D eigenvalue weighted by Gasteiger charge is -2.10. The normalized spacial score (nSPS) is 10.6. The van der Waals surface area contributed by atoms with Crippen molar-refractivity contribution in [3.05, 3.63) is 59.4 Å². The SMILES string of the molecule is CC(C)c1cccc(NC(=O)c2cc(F)ccc2O)c1. The third-order valence-electron chi connectivity index (χ3n) is 3.01. The summed E-state index contributed by atoms with van der Waals surface area (Å²) in [6.07, 6.45) is 0. The van der Waals surface area contributed by atoms with E-state index in [1.165, 1.54) is 0 Å². The van der Waals surface area contributed by atoms with Crippen LogP contribution in [0.15, 0.2) is 42.5 Å². The Kier molecular flexibility index (Phi) is 4.03. The highest BCUT2D eigenvalue weighted by Crippen LogP contribution is 2.22. The van der Waals surface area contributed by atoms with E-state index in [-0.39, 0.29) is 11.3 Å². The van der Waals surface area contributed by atoms with Crippen LogP contribution in [0.4, 0.5) is 10.1 Å². The Morgan fingerprint density at radius 1 is 1.20 bits per heavy atom. The average molecular weight is 273 g/mol. The van der Waals surface area contributed by atoms with Crippen LogP contribution in [0.5, 0.6) is 5.75 Å². The minimum Gasteiger partial charge on any atom is -0.507 e. The second-order valence-corrected chi connectivity index (χ2v) is 4.90. The van der Waals surface area contributed by atoms with Crippen LogP contribution < -0.4 is 5.32 Å². The van der Waals surface area contributed by atoms with Gasteiger partial charge in [0.2, 0.25) is 0 Å². The molecule has 0 unspecified atom stereocenters. The van der Waals surface area contributed by atoms with Crippen LogP contribution in [0.1, 0.15) is 35.7 Å². The molecule has 0 radical (unpaired) electrons. The van der Waals surface area contributed by atoms with E-state index in [1.807, 2.05) is 18.2 Å². The first kappa shape index (κ1) is 14.1. The van der Waals surface area contributed by atoms with E-state index in [1.54, 1.807) is 6.07 Å². The van der Waals surface area contributed by atoms with Gasteiger partial charge in [0.25, 0.3) is 5.91 Å². The van der Waals surface area contributed by atoms with Crippen molar-refractivity contribution >= 4 is 11.6 Å². The molecule has 2 aromatic rings. The van der Waals surface area contributed by atoms with Gasteiger partial charge in [-0.05, 0) is 41.8 Å². The number of phenols is 1. The van der Waals surface area contributed by atoms with Gasteiger partial charge < -0.3 is 10.4 Å². The van der Waals surface area contributed by atoms with Crippen LogP contribution in [0.2, 0.25) is 0 Å². The quantitative estimate of drug-likeness (QED) is 0.890. The fraction of sp³-hybridized carbons (Fsp3) is 0.188. The lowest BCUT2D eigenvalue weighted by Crippen LogP contribution is -2.12. The zero-order chi connectivity index (χ0) is 14.7. The molecule has 0 saturated heterocycles. The van der Waals surface area contributed by atoms with Crippen molar-refractivity contribution < 1.29 is 14.3 Å². The third-order valence-corrected chi connectivity index (χ3v) is 3.01. The Balaban J connectivity index is 2.23. The summed E-state index contributed by atoms with van der Waals surface area (Å²) in [5.74, 6) is -1.01. The number of halogens is 1. The molecule has 0 aliphatic carbocycles. The molecule has 1 amide bonds. The highest BCUT2D eigenvalue weighted by Gasteiger charge is 2.12. The van der Waals surface area contributed by atoms with Gasteiger partial charge in [-0.1, -0.05) is 26.0 Å². The van der Waals surface area contributed by atoms with Crippen LogP contribution >= 0.6 is 0 Å². The molecule has 0 aromatic heterocycles. The third kappa shape index (κ3) is 3.15. The summed E-state index contributed by atoms with van der Waals surface area (Å²) in [5, 5.41) is 12.3. The zero-order valence-electron chi connectivity index (χ0n) is 11.4. The Hall–Kier alpha value is -2.36. The smallest absolute Gasteiger partial charge is 0.259 e. The number of nitrogens with one attached hydrogen (secondary N) is 1. The van der Waals surface area contributed by atoms with Gasteiger partial charge in [0.05, 0.1) is 5.56 Å². The first-order chi connectivity index (χ1) is 9.47. The second-order valence-electron chi connectivity index (χ2n) is 4.90. The van der Waals surface area contributed by atoms with Crippen LogP contribution in [0.3, 0.4) is 0 Å². The first-order valence-electron chi connectivity index (χ1n) is 6.37. The van der Waals surface area contributed by atoms with Gasteiger partial charge in [0.1, 0.15) is 11.6 Å². The van der Waals surface area contributed by atoms with E-state index < -0.39 is 11.7 Å². The number of anilines is 1. The van der Waals surface area contributed by atoms with Gasteiger partial charge in [0, 0.05) is 5.69 Å². The van der Waals surface area contributed by atoms with Crippen molar-refractivity contribution in [2.24, 2.45) is 0 Å². The molecule has 4 heteroatoms. The van der Waals surface area contributed by atoms with Crippen LogP contribution in [-0.2, 0) is 0 Å². The van der Waals surface area contributed by atoms with Gasteiger partial charge in [-0.25, -0.2) is 4.39 Å². The standard InChI is InChI=1S/C16H16FNO2/c1-10(2)11-4-3-5-13(8-11)18-16(20)14-9-12(17)6-7-15(14)19/h3-10,19H,1-2H3,(H,18,20). The molecular formula is C16H16FNO2. The van der Waals surface area contributed by atoms with Crippen LogP contribution in [-0.4, -0.2) is 11.0 Å². The highest BCUT2D eigenvalue weighted by atomic mass is 19.1. The largest absolute Gasteiger partial charge is 0.507 e. The molecule has 2 rings (SSSR count). The summed E-state index contributed by atoms with van der Waals surface area (Å²) in [6, 6.07) is 10.7. The number of carbonyl (C=O) groups is 1. The number of hydrogen-bond acceptors (Lipinski definition) is 2. The molecule has 0 heterocycles. The minimum absolute atomic E-state index is 0.0834. The number of aromatic hydroxyl groups is 1. The number of amides is 1. The number of hydrogen-bond donors (Lipinski definition) is 2. The molecule has 0 atom stereocenters. The monoisotopic (exact) mass is 273 g/mol. The maximum Gasteiger partial charge on any atom is 0.259 e. The van der Waals surface area contributed by atoms with Gasteiger partial charge in [0.15, 0.2) is 0 Å². The molecule has 0 aliphatic rings. The first-order valence-corrected chi connectivity index (χ1v) is 6.37. The molecule has 0 spiro atoms. The van der Waals surface area contributed by atoms with Crippen molar-refractivity contribution in [3.8, 4) is 5.75 Å². The molecule has 2 aromatic carbocycles. The molecule has 0 fully saturated rings. The summed E-state index contributed by atoms with van der Waals surface area (Å²) >= 11 is 0. The summed E-state index contributed by atoms with van der Waals surface area (Å²) in [5.41, 5.74) is 1.62. The van der Waals surface area contributed by atoms with E-state index in [9.17, 15) is 14.3 Å². The molecule has 0 saturated carbocycles. The van der Waals surface area contributed by atoms with Gasteiger partial charge in [-0.15, -0.1) is 0 Å². The van der Waals surface area contributed by atoms with Gasteiger partial charge in [-0.3, -0.25) is 4.79 Å². The lowest BCUT2D eigenvalue weighted by atomic mass is 10.0. The van der Waals surface area contributed by atoms with Crippen molar-refractivity contribution in [2.45, 2.75) is 19.8 Å². The van der Waals surface area contributed by atoms with Crippen molar-refractivity contribution in [1.29, 1.82) is 0 Å². The second kappa shape index (κ2) is 5.74. The Morgan fingerprint density at radius 3 is 2.65 bits per heavy atom. The summed E-state index contributed by atoms with van der Waals surface area (Å²) in [6.45, 7) is 4.11. The number of carbonyl (C=O) groups excluding carboxylic acids is 1. The van der Waals surface area contributed by atoms with Gasteiger partial charge >= 0.3 is 0 Å². The molecule has 0 aliphatic heterocycles. The van der Waals surface area contributed by atoms with Crippen LogP contribution in [0.25, 0.3) is 0 Å². The summed E-state index contributed by atoms with van der Waals surface area (Å²) in [7, 11) is 0. The van der Waals surface area contributed by atoms with Crippen molar-refractivity contribution in [3.63, 3.8) is 0 Å². The predicted octanol–water partition coefficient (Wildman–Crippen LogP) is 3.91. The van der Waals surface area contributed by atoms with Crippen molar-refractivity contribution in [1.82, 2.24) is 0 Å². The molecule has 104 valence electrons. The molecule has 20 heavy (non-hydrogen) atoms. The Morgan fingerprint density at radius 2 is 1.95 bits per heavy atom. The fourth-order valence-corrected chi connectivity index (χ4v) is 1.86. The number of benzene rings is 2. The fourth-order valence-electron chi connectivity index (χ4n) is 1.86. The van der Waals surface area contributed by atoms with Crippen molar-refractivity contribution in [2.75, 3.05) is 5.32 Å². The zero-order valence-corrected chi connectivity index (χ0v) is 11.4. The van der Waals surface area contributed by atoms with E-state index in [4.69, 9.17) is 0 Å². The van der Waals surface area contributed by atoms with E-state index in [0.29, 0.717) is 11.6 Å². The Bertz CT molecular complexity index is 638. The van der Waals surface area contributed by atoms with E-state index in [0.717, 1.165) is 23.8 Å². The molecule has 2 N–H and O–H groups in total. The number of phenolic OH excluding ortho intramolecular Hbond substituents is 1. The van der Waals surface area contributed by atoms with Gasteiger partial charge in [-0.2, -0.15) is 0 Å². The van der Waals surface area contributed by atoms with Crippen LogP contribution in [0, 0.1) is 5.82 Å². The predicted molar refractivity (Wildman–Crippen MR) is 76.5 cm³/mol. The summed E-state index contributed by atoms with van der Waals surface area (Å²) < 4.78 is 13.1. The topological polar surface area (TPSA) is 49.3 Å². The maximum absolute atomic E-state index is 13.1. The highest BCUT2D eigenvalue weighted by molar-refractivity contribution is 6.06. The van der Waals surface area contributed by atoms with E-state index >= 15 is 0 Å². The molecule has 3 nitrogen and oxygen atoms in total. The average Bonchev–Trinajstić information content (AvgIpc) is 2.41.